The fourth-order valence-electron chi connectivity index (χ4n) is 1.31. The number of halogens is 2. The van der Waals surface area contributed by atoms with E-state index in [-0.39, 0.29) is 5.75 Å². The van der Waals surface area contributed by atoms with Crippen molar-refractivity contribution in [2.75, 3.05) is 23.9 Å². The van der Waals surface area contributed by atoms with Crippen molar-refractivity contribution in [3.63, 3.8) is 0 Å². The van der Waals surface area contributed by atoms with Crippen LogP contribution in [0.25, 0.3) is 0 Å². The SMILES string of the molecule is CSCCCNC(=S)Nc1ccc(OC(F)F)cc1. The Balaban J connectivity index is 2.34. The van der Waals surface area contributed by atoms with Crippen molar-refractivity contribution in [2.45, 2.75) is 13.0 Å². The second-order valence-corrected chi connectivity index (χ2v) is 5.02. The molecular weight excluding hydrogens is 290 g/mol. The predicted octanol–water partition coefficient (Wildman–Crippen LogP) is 3.33. The van der Waals surface area contributed by atoms with E-state index >= 15 is 0 Å². The van der Waals surface area contributed by atoms with E-state index in [1.54, 1.807) is 23.9 Å². The average molecular weight is 306 g/mol. The van der Waals surface area contributed by atoms with Crippen LogP contribution in [0.15, 0.2) is 24.3 Å². The van der Waals surface area contributed by atoms with Gasteiger partial charge in [-0.15, -0.1) is 0 Å². The van der Waals surface area contributed by atoms with Gasteiger partial charge in [-0.25, -0.2) is 0 Å². The lowest BCUT2D eigenvalue weighted by atomic mass is 10.3. The predicted molar refractivity (Wildman–Crippen MR) is 80.3 cm³/mol. The Bertz CT molecular complexity index is 388. The molecule has 1 aromatic carbocycles. The molecule has 0 heterocycles. The topological polar surface area (TPSA) is 33.3 Å². The molecule has 0 radical (unpaired) electrons. The van der Waals surface area contributed by atoms with Gasteiger partial charge in [0, 0.05) is 12.2 Å². The third-order valence-electron chi connectivity index (χ3n) is 2.15. The number of ether oxygens (including phenoxy) is 1. The molecule has 0 aliphatic heterocycles. The van der Waals surface area contributed by atoms with Crippen molar-refractivity contribution >= 4 is 34.8 Å². The van der Waals surface area contributed by atoms with Gasteiger partial charge < -0.3 is 15.4 Å². The Morgan fingerprint density at radius 2 is 2.05 bits per heavy atom. The summed E-state index contributed by atoms with van der Waals surface area (Å²) in [6.07, 6.45) is 3.09. The van der Waals surface area contributed by atoms with Gasteiger partial charge in [-0.1, -0.05) is 0 Å². The standard InChI is InChI=1S/C12H16F2N2OS2/c1-19-8-2-7-15-12(18)16-9-3-5-10(6-4-9)17-11(13)14/h3-6,11H,2,7-8H2,1H3,(H2,15,16,18). The number of hydrogen-bond donors (Lipinski definition) is 2. The van der Waals surface area contributed by atoms with E-state index in [1.165, 1.54) is 12.1 Å². The fourth-order valence-corrected chi connectivity index (χ4v) is 1.97. The highest BCUT2D eigenvalue weighted by Crippen LogP contribution is 2.17. The van der Waals surface area contributed by atoms with E-state index in [1.807, 2.05) is 0 Å². The molecule has 1 aromatic rings. The van der Waals surface area contributed by atoms with Crippen LogP contribution in [0.2, 0.25) is 0 Å². The Labute approximate surface area is 121 Å². The van der Waals surface area contributed by atoms with Crippen molar-refractivity contribution in [1.82, 2.24) is 5.32 Å². The maximum Gasteiger partial charge on any atom is 0.387 e. The number of nitrogens with one attached hydrogen (secondary N) is 2. The van der Waals surface area contributed by atoms with Crippen molar-refractivity contribution < 1.29 is 13.5 Å². The highest BCUT2D eigenvalue weighted by Gasteiger charge is 2.04. The van der Waals surface area contributed by atoms with E-state index in [0.29, 0.717) is 5.11 Å². The molecule has 0 bridgehead atoms. The van der Waals surface area contributed by atoms with E-state index < -0.39 is 6.61 Å². The van der Waals surface area contributed by atoms with Gasteiger partial charge in [-0.3, -0.25) is 0 Å². The average Bonchev–Trinajstić information content (AvgIpc) is 2.36. The molecule has 0 unspecified atom stereocenters. The minimum absolute atomic E-state index is 0.124. The van der Waals surface area contributed by atoms with E-state index in [2.05, 4.69) is 21.6 Å². The van der Waals surface area contributed by atoms with Gasteiger partial charge in [0.05, 0.1) is 0 Å². The number of hydrogen-bond acceptors (Lipinski definition) is 3. The van der Waals surface area contributed by atoms with Crippen LogP contribution in [-0.2, 0) is 0 Å². The largest absolute Gasteiger partial charge is 0.435 e. The van der Waals surface area contributed by atoms with Gasteiger partial charge in [0.2, 0.25) is 0 Å². The van der Waals surface area contributed by atoms with Gasteiger partial charge in [-0.05, 0) is 54.9 Å². The Hall–Kier alpha value is -1.08. The van der Waals surface area contributed by atoms with Crippen LogP contribution in [-0.4, -0.2) is 30.3 Å². The van der Waals surface area contributed by atoms with Crippen molar-refractivity contribution in [2.24, 2.45) is 0 Å². The lowest BCUT2D eigenvalue weighted by Gasteiger charge is -2.11. The minimum Gasteiger partial charge on any atom is -0.435 e. The molecule has 106 valence electrons. The second kappa shape index (κ2) is 8.92. The summed E-state index contributed by atoms with van der Waals surface area (Å²) in [6.45, 7) is -2.00. The summed E-state index contributed by atoms with van der Waals surface area (Å²) >= 11 is 6.89. The van der Waals surface area contributed by atoms with Gasteiger partial charge in [0.25, 0.3) is 0 Å². The molecule has 7 heteroatoms. The zero-order valence-electron chi connectivity index (χ0n) is 10.5. The van der Waals surface area contributed by atoms with Gasteiger partial charge in [-0.2, -0.15) is 20.5 Å². The fraction of sp³-hybridized carbons (Fsp3) is 0.417. The third-order valence-corrected chi connectivity index (χ3v) is 3.09. The first kappa shape index (κ1) is 16.0. The van der Waals surface area contributed by atoms with Crippen molar-refractivity contribution in [3.05, 3.63) is 24.3 Å². The molecule has 0 saturated heterocycles. The Morgan fingerprint density at radius 1 is 1.37 bits per heavy atom. The molecule has 19 heavy (non-hydrogen) atoms. The number of benzene rings is 1. The molecule has 0 spiro atoms. The second-order valence-electron chi connectivity index (χ2n) is 3.63. The first-order valence-electron chi connectivity index (χ1n) is 5.70. The van der Waals surface area contributed by atoms with Gasteiger partial charge >= 0.3 is 6.61 Å². The Kier molecular flexibility index (Phi) is 7.50. The van der Waals surface area contributed by atoms with E-state index in [9.17, 15) is 8.78 Å². The molecular formula is C12H16F2N2OS2. The van der Waals surface area contributed by atoms with Crippen LogP contribution in [0.5, 0.6) is 5.75 Å². The number of thiocarbonyl (C=S) groups is 1. The summed E-state index contributed by atoms with van der Waals surface area (Å²) in [7, 11) is 0. The first-order chi connectivity index (χ1) is 9.11. The molecule has 0 aliphatic rings. The highest BCUT2D eigenvalue weighted by molar-refractivity contribution is 7.98. The normalized spacial score (nSPS) is 10.3. The Morgan fingerprint density at radius 3 is 2.63 bits per heavy atom. The summed E-state index contributed by atoms with van der Waals surface area (Å²) in [5.74, 6) is 1.20. The molecule has 0 amide bonds. The van der Waals surface area contributed by atoms with Crippen LogP contribution >= 0.6 is 24.0 Å². The van der Waals surface area contributed by atoms with E-state index in [4.69, 9.17) is 12.2 Å². The molecule has 0 aromatic heterocycles. The molecule has 0 atom stereocenters. The third kappa shape index (κ3) is 7.17. The zero-order chi connectivity index (χ0) is 14.1. The lowest BCUT2D eigenvalue weighted by Crippen LogP contribution is -2.29. The first-order valence-corrected chi connectivity index (χ1v) is 7.50. The summed E-state index contributed by atoms with van der Waals surface area (Å²) in [4.78, 5) is 0. The minimum atomic E-state index is -2.81. The quantitative estimate of drug-likeness (QED) is 0.596. The van der Waals surface area contributed by atoms with Crippen LogP contribution in [0, 0.1) is 0 Å². The highest BCUT2D eigenvalue weighted by atomic mass is 32.2. The van der Waals surface area contributed by atoms with Crippen LogP contribution in [0.1, 0.15) is 6.42 Å². The van der Waals surface area contributed by atoms with Crippen LogP contribution in [0.4, 0.5) is 14.5 Å². The lowest BCUT2D eigenvalue weighted by molar-refractivity contribution is -0.0498. The van der Waals surface area contributed by atoms with Crippen LogP contribution < -0.4 is 15.4 Å². The molecule has 2 N–H and O–H groups in total. The van der Waals surface area contributed by atoms with Crippen LogP contribution in [0.3, 0.4) is 0 Å². The summed E-state index contributed by atoms with van der Waals surface area (Å²) in [6, 6.07) is 6.19. The zero-order valence-corrected chi connectivity index (χ0v) is 12.1. The maximum atomic E-state index is 12.0. The smallest absolute Gasteiger partial charge is 0.387 e. The van der Waals surface area contributed by atoms with Crippen molar-refractivity contribution in [1.29, 1.82) is 0 Å². The van der Waals surface area contributed by atoms with E-state index in [0.717, 1.165) is 24.4 Å². The molecule has 0 fully saturated rings. The monoisotopic (exact) mass is 306 g/mol. The summed E-state index contributed by atoms with van der Waals surface area (Å²) in [5.41, 5.74) is 0.726. The number of rotatable bonds is 7. The number of alkyl halides is 2. The van der Waals surface area contributed by atoms with Gasteiger partial charge in [0.1, 0.15) is 5.75 Å². The maximum absolute atomic E-state index is 12.0. The number of anilines is 1. The molecule has 0 saturated carbocycles. The molecule has 3 nitrogen and oxygen atoms in total. The molecule has 1 rings (SSSR count). The number of thioether (sulfide) groups is 1. The summed E-state index contributed by atoms with van der Waals surface area (Å²) in [5, 5.41) is 6.56. The summed E-state index contributed by atoms with van der Waals surface area (Å²) < 4.78 is 28.2. The van der Waals surface area contributed by atoms with Crippen molar-refractivity contribution in [3.8, 4) is 5.75 Å². The van der Waals surface area contributed by atoms with Gasteiger partial charge in [0.15, 0.2) is 5.11 Å². The molecule has 0 aliphatic carbocycles.